The SMILES string of the molecule is O=C(COC(=O)CCc1ccco1)Nc1ccc(F)cc1. The first-order valence-electron chi connectivity index (χ1n) is 6.37. The van der Waals surface area contributed by atoms with E-state index in [0.29, 0.717) is 17.9 Å². The Morgan fingerprint density at radius 1 is 1.19 bits per heavy atom. The predicted octanol–water partition coefficient (Wildman–Crippen LogP) is 2.53. The maximum Gasteiger partial charge on any atom is 0.306 e. The number of halogens is 1. The average molecular weight is 291 g/mol. The Hall–Kier alpha value is -2.63. The topological polar surface area (TPSA) is 68.5 Å². The lowest BCUT2D eigenvalue weighted by Crippen LogP contribution is -2.21. The fourth-order valence-electron chi connectivity index (χ4n) is 1.63. The third-order valence-corrected chi connectivity index (χ3v) is 2.65. The molecule has 0 spiro atoms. The van der Waals surface area contributed by atoms with Gasteiger partial charge in [0.05, 0.1) is 12.7 Å². The molecule has 0 radical (unpaired) electrons. The van der Waals surface area contributed by atoms with Crippen molar-refractivity contribution in [2.24, 2.45) is 0 Å². The van der Waals surface area contributed by atoms with E-state index >= 15 is 0 Å². The van der Waals surface area contributed by atoms with E-state index in [0.717, 1.165) is 0 Å². The highest BCUT2D eigenvalue weighted by Gasteiger charge is 2.09. The first-order chi connectivity index (χ1) is 10.1. The van der Waals surface area contributed by atoms with Crippen molar-refractivity contribution in [3.05, 3.63) is 54.2 Å². The predicted molar refractivity (Wildman–Crippen MR) is 73.0 cm³/mol. The molecule has 110 valence electrons. The normalized spacial score (nSPS) is 10.1. The van der Waals surface area contributed by atoms with Crippen LogP contribution in [0.15, 0.2) is 47.1 Å². The molecule has 1 heterocycles. The second kappa shape index (κ2) is 7.23. The number of ether oxygens (including phenoxy) is 1. The lowest BCUT2D eigenvalue weighted by molar-refractivity contribution is -0.147. The van der Waals surface area contributed by atoms with Gasteiger partial charge in [-0.15, -0.1) is 0 Å². The molecule has 0 aliphatic carbocycles. The van der Waals surface area contributed by atoms with Crippen LogP contribution in [0.4, 0.5) is 10.1 Å². The van der Waals surface area contributed by atoms with Gasteiger partial charge in [0.25, 0.3) is 5.91 Å². The molecule has 2 aromatic rings. The summed E-state index contributed by atoms with van der Waals surface area (Å²) in [4.78, 5) is 23.0. The quantitative estimate of drug-likeness (QED) is 0.830. The highest BCUT2D eigenvalue weighted by atomic mass is 19.1. The molecule has 0 unspecified atom stereocenters. The lowest BCUT2D eigenvalue weighted by atomic mass is 10.2. The number of furan rings is 1. The van der Waals surface area contributed by atoms with Crippen LogP contribution in [0.25, 0.3) is 0 Å². The molecule has 0 fully saturated rings. The van der Waals surface area contributed by atoms with Crippen molar-refractivity contribution in [2.45, 2.75) is 12.8 Å². The van der Waals surface area contributed by atoms with Crippen molar-refractivity contribution in [1.82, 2.24) is 0 Å². The van der Waals surface area contributed by atoms with E-state index in [2.05, 4.69) is 5.32 Å². The largest absolute Gasteiger partial charge is 0.469 e. The van der Waals surface area contributed by atoms with Gasteiger partial charge >= 0.3 is 5.97 Å². The summed E-state index contributed by atoms with van der Waals surface area (Å²) < 4.78 is 22.6. The van der Waals surface area contributed by atoms with E-state index in [-0.39, 0.29) is 13.0 Å². The second-order valence-electron chi connectivity index (χ2n) is 4.30. The van der Waals surface area contributed by atoms with Gasteiger partial charge in [-0.25, -0.2) is 4.39 Å². The summed E-state index contributed by atoms with van der Waals surface area (Å²) in [6.07, 6.45) is 2.08. The van der Waals surface area contributed by atoms with E-state index in [1.807, 2.05) is 0 Å². The molecule has 2 rings (SSSR count). The number of hydrogen-bond acceptors (Lipinski definition) is 4. The molecule has 1 aromatic heterocycles. The van der Waals surface area contributed by atoms with Gasteiger partial charge in [0.2, 0.25) is 0 Å². The van der Waals surface area contributed by atoms with Crippen LogP contribution in [0.2, 0.25) is 0 Å². The van der Waals surface area contributed by atoms with Crippen molar-refractivity contribution in [3.8, 4) is 0 Å². The van der Waals surface area contributed by atoms with Crippen LogP contribution in [-0.4, -0.2) is 18.5 Å². The summed E-state index contributed by atoms with van der Waals surface area (Å²) in [6, 6.07) is 8.79. The van der Waals surface area contributed by atoms with Crippen LogP contribution in [0.5, 0.6) is 0 Å². The van der Waals surface area contributed by atoms with E-state index in [9.17, 15) is 14.0 Å². The number of aryl methyl sites for hydroxylation is 1. The number of hydrogen-bond donors (Lipinski definition) is 1. The molecule has 5 nitrogen and oxygen atoms in total. The Labute approximate surface area is 120 Å². The Morgan fingerprint density at radius 2 is 1.95 bits per heavy atom. The number of nitrogens with one attached hydrogen (secondary N) is 1. The molecule has 1 N–H and O–H groups in total. The summed E-state index contributed by atoms with van der Waals surface area (Å²) in [5.41, 5.74) is 0.438. The second-order valence-corrected chi connectivity index (χ2v) is 4.30. The van der Waals surface area contributed by atoms with Crippen LogP contribution >= 0.6 is 0 Å². The number of amides is 1. The molecular formula is C15H14FNO4. The van der Waals surface area contributed by atoms with Gasteiger partial charge in [-0.2, -0.15) is 0 Å². The molecule has 21 heavy (non-hydrogen) atoms. The fourth-order valence-corrected chi connectivity index (χ4v) is 1.63. The Balaban J connectivity index is 1.68. The van der Waals surface area contributed by atoms with Gasteiger partial charge in [0.15, 0.2) is 6.61 Å². The number of benzene rings is 1. The zero-order valence-corrected chi connectivity index (χ0v) is 11.2. The van der Waals surface area contributed by atoms with Gasteiger partial charge in [0, 0.05) is 12.1 Å². The molecule has 0 saturated heterocycles. The Bertz CT molecular complexity index is 593. The van der Waals surface area contributed by atoms with Gasteiger partial charge in [0.1, 0.15) is 11.6 Å². The van der Waals surface area contributed by atoms with Gasteiger partial charge in [-0.1, -0.05) is 0 Å². The molecule has 0 atom stereocenters. The monoisotopic (exact) mass is 291 g/mol. The maximum absolute atomic E-state index is 12.7. The molecule has 1 amide bonds. The molecule has 0 bridgehead atoms. The van der Waals surface area contributed by atoms with Crippen molar-refractivity contribution in [3.63, 3.8) is 0 Å². The minimum atomic E-state index is -0.486. The molecule has 0 saturated carbocycles. The smallest absolute Gasteiger partial charge is 0.306 e. The maximum atomic E-state index is 12.7. The van der Waals surface area contributed by atoms with Crippen LogP contribution in [-0.2, 0) is 20.7 Å². The standard InChI is InChI=1S/C15H14FNO4/c16-11-3-5-12(6-4-11)17-14(18)10-21-15(19)8-7-13-2-1-9-20-13/h1-6,9H,7-8,10H2,(H,17,18). The molecule has 6 heteroatoms. The Morgan fingerprint density at radius 3 is 2.62 bits per heavy atom. The highest BCUT2D eigenvalue weighted by molar-refractivity contribution is 5.92. The third-order valence-electron chi connectivity index (χ3n) is 2.65. The summed E-state index contributed by atoms with van der Waals surface area (Å²) in [5, 5.41) is 2.49. The molecule has 0 aliphatic rings. The summed E-state index contributed by atoms with van der Waals surface area (Å²) >= 11 is 0. The zero-order valence-electron chi connectivity index (χ0n) is 11.2. The lowest BCUT2D eigenvalue weighted by Gasteiger charge is -2.06. The number of rotatable bonds is 6. The average Bonchev–Trinajstić information content (AvgIpc) is 2.99. The minimum absolute atomic E-state index is 0.136. The first kappa shape index (κ1) is 14.8. The number of carbonyl (C=O) groups excluding carboxylic acids is 2. The summed E-state index contributed by atoms with van der Waals surface area (Å²) in [6.45, 7) is -0.381. The van der Waals surface area contributed by atoms with Crippen molar-refractivity contribution in [1.29, 1.82) is 0 Å². The number of esters is 1. The van der Waals surface area contributed by atoms with Crippen LogP contribution in [0.3, 0.4) is 0 Å². The fraction of sp³-hybridized carbons (Fsp3) is 0.200. The first-order valence-corrected chi connectivity index (χ1v) is 6.37. The van der Waals surface area contributed by atoms with E-state index in [1.165, 1.54) is 30.5 Å². The van der Waals surface area contributed by atoms with E-state index in [4.69, 9.17) is 9.15 Å². The van der Waals surface area contributed by atoms with E-state index < -0.39 is 17.7 Å². The number of carbonyl (C=O) groups is 2. The Kier molecular flexibility index (Phi) is 5.09. The van der Waals surface area contributed by atoms with Crippen molar-refractivity contribution < 1.29 is 23.1 Å². The molecular weight excluding hydrogens is 277 g/mol. The van der Waals surface area contributed by atoms with Crippen LogP contribution < -0.4 is 5.32 Å². The molecule has 1 aromatic carbocycles. The summed E-state index contributed by atoms with van der Waals surface area (Å²) in [7, 11) is 0. The van der Waals surface area contributed by atoms with Crippen LogP contribution in [0, 0.1) is 5.82 Å². The van der Waals surface area contributed by atoms with Gasteiger partial charge in [-0.3, -0.25) is 9.59 Å². The van der Waals surface area contributed by atoms with E-state index in [1.54, 1.807) is 12.1 Å². The van der Waals surface area contributed by atoms with Crippen molar-refractivity contribution in [2.75, 3.05) is 11.9 Å². The van der Waals surface area contributed by atoms with Gasteiger partial charge < -0.3 is 14.5 Å². The van der Waals surface area contributed by atoms with Crippen LogP contribution in [0.1, 0.15) is 12.2 Å². The highest BCUT2D eigenvalue weighted by Crippen LogP contribution is 2.08. The van der Waals surface area contributed by atoms with Crippen molar-refractivity contribution >= 4 is 17.6 Å². The van der Waals surface area contributed by atoms with Gasteiger partial charge in [-0.05, 0) is 36.4 Å². The minimum Gasteiger partial charge on any atom is -0.469 e. The number of anilines is 1. The third kappa shape index (κ3) is 5.10. The molecule has 0 aliphatic heterocycles. The summed E-state index contributed by atoms with van der Waals surface area (Å²) in [5.74, 6) is -0.673. The zero-order chi connectivity index (χ0) is 15.1.